The van der Waals surface area contributed by atoms with Crippen molar-refractivity contribution in [3.8, 4) is 5.75 Å². The molecule has 1 aromatic carbocycles. The van der Waals surface area contributed by atoms with Gasteiger partial charge in [0.2, 0.25) is 5.91 Å². The lowest BCUT2D eigenvalue weighted by Crippen LogP contribution is -2.52. The number of nitrogens with zero attached hydrogens (tertiary/aromatic N) is 1. The first kappa shape index (κ1) is 16.2. The second-order valence-corrected chi connectivity index (χ2v) is 6.30. The Labute approximate surface area is 136 Å². The molecule has 0 radical (unpaired) electrons. The Bertz CT molecular complexity index is 591. The fraction of sp³-hybridized carbons (Fsp3) is 0.588. The molecule has 1 saturated heterocycles. The van der Waals surface area contributed by atoms with E-state index < -0.39 is 6.23 Å². The van der Waals surface area contributed by atoms with Gasteiger partial charge < -0.3 is 20.8 Å². The van der Waals surface area contributed by atoms with E-state index in [2.05, 4.69) is 22.5 Å². The lowest BCUT2D eigenvalue weighted by atomic mass is 9.89. The van der Waals surface area contributed by atoms with E-state index in [9.17, 15) is 15.0 Å². The smallest absolute Gasteiger partial charge is 0.224 e. The zero-order valence-corrected chi connectivity index (χ0v) is 13.5. The Balaban J connectivity index is 1.99. The van der Waals surface area contributed by atoms with Gasteiger partial charge in [-0.2, -0.15) is 0 Å². The number of nitrogens with one attached hydrogen (secondary N) is 2. The van der Waals surface area contributed by atoms with Crippen molar-refractivity contribution in [2.24, 2.45) is 0 Å². The van der Waals surface area contributed by atoms with Crippen molar-refractivity contribution in [3.05, 3.63) is 23.3 Å². The van der Waals surface area contributed by atoms with Crippen molar-refractivity contribution in [1.82, 2.24) is 10.2 Å². The van der Waals surface area contributed by atoms with Crippen LogP contribution >= 0.6 is 0 Å². The molecule has 1 fully saturated rings. The first-order valence-electron chi connectivity index (χ1n) is 8.41. The van der Waals surface area contributed by atoms with Crippen LogP contribution in [0.5, 0.6) is 5.75 Å². The number of β-amino-alcohol motifs (C(OH)–C–C–N with tert-alkyl or cyclic N) is 1. The van der Waals surface area contributed by atoms with Crippen molar-refractivity contribution in [2.45, 2.75) is 44.9 Å². The van der Waals surface area contributed by atoms with E-state index in [1.165, 1.54) is 0 Å². The molecule has 2 atom stereocenters. The quantitative estimate of drug-likeness (QED) is 0.630. The molecule has 0 spiro atoms. The summed E-state index contributed by atoms with van der Waals surface area (Å²) < 4.78 is 0. The Morgan fingerprint density at radius 3 is 2.96 bits per heavy atom. The number of phenolic OH excluding ortho intramolecular Hbond substituents is 1. The molecular formula is C17H25N3O3. The van der Waals surface area contributed by atoms with Gasteiger partial charge in [0.15, 0.2) is 0 Å². The van der Waals surface area contributed by atoms with Gasteiger partial charge in [-0.25, -0.2) is 0 Å². The molecule has 0 aromatic heterocycles. The number of fused-ring (bicyclic) bond motifs is 1. The van der Waals surface area contributed by atoms with Gasteiger partial charge in [-0.15, -0.1) is 0 Å². The third-order valence-corrected chi connectivity index (χ3v) is 4.77. The second kappa shape index (κ2) is 6.86. The summed E-state index contributed by atoms with van der Waals surface area (Å²) in [4.78, 5) is 13.8. The van der Waals surface area contributed by atoms with Gasteiger partial charge in [-0.3, -0.25) is 9.69 Å². The minimum absolute atomic E-state index is 0.0563. The van der Waals surface area contributed by atoms with E-state index >= 15 is 0 Å². The van der Waals surface area contributed by atoms with Gasteiger partial charge in [0.1, 0.15) is 12.0 Å². The predicted molar refractivity (Wildman–Crippen MR) is 88.3 cm³/mol. The Kier molecular flexibility index (Phi) is 4.84. The van der Waals surface area contributed by atoms with Gasteiger partial charge in [0, 0.05) is 32.1 Å². The third kappa shape index (κ3) is 3.20. The topological polar surface area (TPSA) is 84.8 Å². The number of hydrogen-bond acceptors (Lipinski definition) is 5. The molecule has 6 heteroatoms. The van der Waals surface area contributed by atoms with Crippen LogP contribution in [0, 0.1) is 0 Å². The van der Waals surface area contributed by atoms with Crippen molar-refractivity contribution >= 4 is 11.6 Å². The standard InChI is InChI=1S/C17H25N3O3/c1-2-3-13(20-9-8-18-10-16(20)23)11-4-6-14(21)17-12(11)5-7-15(22)19-17/h4,6,13,16,18,21,23H,2-3,5,7-10H2,1H3,(H,19,22). The highest BCUT2D eigenvalue weighted by Gasteiger charge is 2.31. The molecular weight excluding hydrogens is 294 g/mol. The molecule has 0 saturated carbocycles. The number of rotatable bonds is 4. The molecule has 0 bridgehead atoms. The normalized spacial score (nSPS) is 23.2. The largest absolute Gasteiger partial charge is 0.506 e. The number of carbonyl (C=O) groups is 1. The lowest BCUT2D eigenvalue weighted by Gasteiger charge is -2.40. The van der Waals surface area contributed by atoms with Crippen LogP contribution in [0.2, 0.25) is 0 Å². The highest BCUT2D eigenvalue weighted by atomic mass is 16.3. The van der Waals surface area contributed by atoms with Crippen LogP contribution in [-0.2, 0) is 11.2 Å². The number of aliphatic hydroxyl groups excluding tert-OH is 1. The minimum atomic E-state index is -0.511. The molecule has 0 aliphatic carbocycles. The van der Waals surface area contributed by atoms with Crippen LogP contribution in [0.1, 0.15) is 43.4 Å². The number of aliphatic hydroxyl groups is 1. The predicted octanol–water partition coefficient (Wildman–Crippen LogP) is 1.34. The van der Waals surface area contributed by atoms with Crippen molar-refractivity contribution in [1.29, 1.82) is 0 Å². The van der Waals surface area contributed by atoms with Gasteiger partial charge in [-0.1, -0.05) is 19.4 Å². The van der Waals surface area contributed by atoms with Crippen LogP contribution < -0.4 is 10.6 Å². The average Bonchev–Trinajstić information content (AvgIpc) is 2.55. The average molecular weight is 319 g/mol. The molecule has 2 aliphatic rings. The summed E-state index contributed by atoms with van der Waals surface area (Å²) in [5, 5.41) is 26.5. The molecule has 23 heavy (non-hydrogen) atoms. The zero-order chi connectivity index (χ0) is 16.4. The summed E-state index contributed by atoms with van der Waals surface area (Å²) in [5.74, 6) is 0.0621. The lowest BCUT2D eigenvalue weighted by molar-refractivity contribution is -0.116. The minimum Gasteiger partial charge on any atom is -0.506 e. The number of aromatic hydroxyl groups is 1. The Hall–Kier alpha value is -1.63. The fourth-order valence-corrected chi connectivity index (χ4v) is 3.66. The van der Waals surface area contributed by atoms with E-state index in [1.54, 1.807) is 6.07 Å². The summed E-state index contributed by atoms with van der Waals surface area (Å²) in [6.07, 6.45) is 2.49. The number of piperazine rings is 1. The van der Waals surface area contributed by atoms with Gasteiger partial charge in [0.25, 0.3) is 0 Å². The molecule has 1 amide bonds. The van der Waals surface area contributed by atoms with E-state index in [0.717, 1.165) is 37.1 Å². The van der Waals surface area contributed by atoms with Crippen LogP contribution in [0.25, 0.3) is 0 Å². The highest BCUT2D eigenvalue weighted by Crippen LogP contribution is 2.40. The number of phenols is 1. The third-order valence-electron chi connectivity index (χ3n) is 4.77. The van der Waals surface area contributed by atoms with Crippen molar-refractivity contribution in [2.75, 3.05) is 25.0 Å². The summed E-state index contributed by atoms with van der Waals surface area (Å²) in [6, 6.07) is 3.69. The summed E-state index contributed by atoms with van der Waals surface area (Å²) in [5.41, 5.74) is 2.67. The molecule has 2 aliphatic heterocycles. The maximum absolute atomic E-state index is 11.7. The maximum Gasteiger partial charge on any atom is 0.224 e. The molecule has 6 nitrogen and oxygen atoms in total. The Morgan fingerprint density at radius 1 is 1.39 bits per heavy atom. The maximum atomic E-state index is 11.7. The molecule has 1 aromatic rings. The summed E-state index contributed by atoms with van der Waals surface area (Å²) in [7, 11) is 0. The van der Waals surface area contributed by atoms with E-state index in [-0.39, 0.29) is 17.7 Å². The van der Waals surface area contributed by atoms with Crippen LogP contribution in [0.15, 0.2) is 12.1 Å². The summed E-state index contributed by atoms with van der Waals surface area (Å²) in [6.45, 7) is 4.34. The zero-order valence-electron chi connectivity index (χ0n) is 13.5. The molecule has 2 unspecified atom stereocenters. The number of hydrogen-bond donors (Lipinski definition) is 4. The van der Waals surface area contributed by atoms with E-state index in [0.29, 0.717) is 25.1 Å². The number of amides is 1. The first-order valence-corrected chi connectivity index (χ1v) is 8.41. The number of benzene rings is 1. The number of carbonyl (C=O) groups excluding carboxylic acids is 1. The second-order valence-electron chi connectivity index (χ2n) is 6.30. The fourth-order valence-electron chi connectivity index (χ4n) is 3.66. The molecule has 2 heterocycles. The van der Waals surface area contributed by atoms with E-state index in [1.807, 2.05) is 6.07 Å². The molecule has 126 valence electrons. The molecule has 4 N–H and O–H groups in total. The highest BCUT2D eigenvalue weighted by molar-refractivity contribution is 5.96. The van der Waals surface area contributed by atoms with Crippen LogP contribution in [0.4, 0.5) is 5.69 Å². The van der Waals surface area contributed by atoms with Crippen LogP contribution in [-0.4, -0.2) is 46.9 Å². The van der Waals surface area contributed by atoms with Gasteiger partial charge in [0.05, 0.1) is 5.69 Å². The SMILES string of the molecule is CCCC(c1ccc(O)c2c1CCC(=O)N2)N1CCNCC1O. The van der Waals surface area contributed by atoms with Gasteiger partial charge in [-0.05, 0) is 30.0 Å². The van der Waals surface area contributed by atoms with Crippen molar-refractivity contribution in [3.63, 3.8) is 0 Å². The van der Waals surface area contributed by atoms with E-state index in [4.69, 9.17) is 0 Å². The monoisotopic (exact) mass is 319 g/mol. The number of anilines is 1. The molecule has 3 rings (SSSR count). The van der Waals surface area contributed by atoms with Crippen molar-refractivity contribution < 1.29 is 15.0 Å². The Morgan fingerprint density at radius 2 is 2.22 bits per heavy atom. The van der Waals surface area contributed by atoms with Gasteiger partial charge >= 0.3 is 0 Å². The first-order chi connectivity index (χ1) is 11.1. The summed E-state index contributed by atoms with van der Waals surface area (Å²) >= 11 is 0. The van der Waals surface area contributed by atoms with Crippen LogP contribution in [0.3, 0.4) is 0 Å².